The zero-order valence-electron chi connectivity index (χ0n) is 12.6. The minimum Gasteiger partial charge on any atom is -0.465 e. The van der Waals surface area contributed by atoms with E-state index in [-0.39, 0.29) is 6.04 Å². The third-order valence-corrected chi connectivity index (χ3v) is 4.01. The molecule has 2 heterocycles. The van der Waals surface area contributed by atoms with Crippen LogP contribution in [0.15, 0.2) is 0 Å². The number of nitrogen functional groups attached to an aromatic ring is 1. The molecule has 0 unspecified atom stereocenters. The molecule has 1 fully saturated rings. The van der Waals surface area contributed by atoms with Crippen molar-refractivity contribution in [2.75, 3.05) is 30.8 Å². The van der Waals surface area contributed by atoms with Gasteiger partial charge in [0.25, 0.3) is 0 Å². The van der Waals surface area contributed by atoms with Gasteiger partial charge in [0, 0.05) is 13.1 Å². The lowest BCUT2D eigenvalue weighted by Gasteiger charge is -2.16. The highest BCUT2D eigenvalue weighted by atomic mass is 16.5. The standard InChI is InChI=1S/C14H24N4O2/c1-4-10(5-2)18-12(15)11(14(19)20-3)13(16-18)17-8-6-7-9-17/h10H,4-9,15H2,1-3H3. The van der Waals surface area contributed by atoms with Crippen molar-refractivity contribution in [3.05, 3.63) is 5.56 Å². The van der Waals surface area contributed by atoms with Gasteiger partial charge in [0.1, 0.15) is 11.4 Å². The van der Waals surface area contributed by atoms with Crippen molar-refractivity contribution >= 4 is 17.6 Å². The Kier molecular flexibility index (Phi) is 4.52. The van der Waals surface area contributed by atoms with Gasteiger partial charge in [0.15, 0.2) is 5.82 Å². The fraction of sp³-hybridized carbons (Fsp3) is 0.714. The predicted molar refractivity (Wildman–Crippen MR) is 79.0 cm³/mol. The normalized spacial score (nSPS) is 15.1. The Labute approximate surface area is 119 Å². The molecule has 0 spiro atoms. The summed E-state index contributed by atoms with van der Waals surface area (Å²) in [6, 6.07) is 0.217. The Morgan fingerprint density at radius 2 is 1.95 bits per heavy atom. The van der Waals surface area contributed by atoms with Gasteiger partial charge in [-0.1, -0.05) is 13.8 Å². The number of anilines is 2. The zero-order chi connectivity index (χ0) is 14.7. The Bertz CT molecular complexity index is 474. The summed E-state index contributed by atoms with van der Waals surface area (Å²) in [5.41, 5.74) is 6.59. The van der Waals surface area contributed by atoms with Crippen molar-refractivity contribution in [2.45, 2.75) is 45.6 Å². The molecule has 2 N–H and O–H groups in total. The summed E-state index contributed by atoms with van der Waals surface area (Å²) in [7, 11) is 1.38. The Balaban J connectivity index is 2.48. The summed E-state index contributed by atoms with van der Waals surface area (Å²) in [5.74, 6) is 0.702. The number of nitrogens with two attached hydrogens (primary N) is 1. The van der Waals surface area contributed by atoms with Gasteiger partial charge < -0.3 is 15.4 Å². The van der Waals surface area contributed by atoms with Crippen molar-refractivity contribution in [1.82, 2.24) is 9.78 Å². The van der Waals surface area contributed by atoms with E-state index < -0.39 is 5.97 Å². The number of hydrogen-bond donors (Lipinski definition) is 1. The number of aromatic nitrogens is 2. The average Bonchev–Trinajstić information content (AvgIpc) is 3.08. The Morgan fingerprint density at radius 1 is 1.35 bits per heavy atom. The van der Waals surface area contributed by atoms with Crippen LogP contribution in [0.1, 0.15) is 55.9 Å². The lowest BCUT2D eigenvalue weighted by molar-refractivity contribution is 0.0602. The molecule has 112 valence electrons. The number of ether oxygens (including phenoxy) is 1. The molecule has 1 aromatic rings. The van der Waals surface area contributed by atoms with Gasteiger partial charge in [0.2, 0.25) is 0 Å². The predicted octanol–water partition coefficient (Wildman–Crippen LogP) is 2.21. The van der Waals surface area contributed by atoms with Gasteiger partial charge >= 0.3 is 5.97 Å². The van der Waals surface area contributed by atoms with E-state index in [2.05, 4.69) is 23.8 Å². The van der Waals surface area contributed by atoms with Crippen molar-refractivity contribution < 1.29 is 9.53 Å². The molecule has 20 heavy (non-hydrogen) atoms. The van der Waals surface area contributed by atoms with Crippen LogP contribution in [0.4, 0.5) is 11.6 Å². The first-order chi connectivity index (χ1) is 9.63. The second kappa shape index (κ2) is 6.15. The molecule has 0 aliphatic carbocycles. The van der Waals surface area contributed by atoms with Crippen molar-refractivity contribution in [2.24, 2.45) is 0 Å². The molecule has 1 aromatic heterocycles. The van der Waals surface area contributed by atoms with Gasteiger partial charge in [-0.3, -0.25) is 0 Å². The van der Waals surface area contributed by atoms with E-state index in [0.29, 0.717) is 17.2 Å². The van der Waals surface area contributed by atoms with Crippen LogP contribution in [-0.2, 0) is 4.74 Å². The highest BCUT2D eigenvalue weighted by molar-refractivity contribution is 5.99. The van der Waals surface area contributed by atoms with E-state index in [1.54, 1.807) is 4.68 Å². The highest BCUT2D eigenvalue weighted by Crippen LogP contribution is 2.32. The minimum absolute atomic E-state index is 0.217. The van der Waals surface area contributed by atoms with E-state index in [4.69, 9.17) is 10.5 Å². The minimum atomic E-state index is -0.401. The maximum Gasteiger partial charge on any atom is 0.345 e. The third kappa shape index (κ3) is 2.46. The average molecular weight is 280 g/mol. The number of esters is 1. The summed E-state index contributed by atoms with van der Waals surface area (Å²) in [5, 5.41) is 4.62. The van der Waals surface area contributed by atoms with Crippen molar-refractivity contribution in [3.63, 3.8) is 0 Å². The first kappa shape index (κ1) is 14.7. The fourth-order valence-corrected chi connectivity index (χ4v) is 2.80. The van der Waals surface area contributed by atoms with E-state index in [1.165, 1.54) is 7.11 Å². The number of nitrogens with zero attached hydrogens (tertiary/aromatic N) is 3. The maximum atomic E-state index is 12.0. The molecule has 0 aromatic carbocycles. The number of carbonyl (C=O) groups is 1. The second-order valence-electron chi connectivity index (χ2n) is 5.18. The summed E-state index contributed by atoms with van der Waals surface area (Å²) >= 11 is 0. The zero-order valence-corrected chi connectivity index (χ0v) is 12.6. The third-order valence-electron chi connectivity index (χ3n) is 4.01. The number of carbonyl (C=O) groups excluding carboxylic acids is 1. The summed E-state index contributed by atoms with van der Waals surface area (Å²) in [6.07, 6.45) is 4.11. The van der Waals surface area contributed by atoms with Crippen LogP contribution in [-0.4, -0.2) is 35.9 Å². The van der Waals surface area contributed by atoms with Crippen LogP contribution in [0.2, 0.25) is 0 Å². The van der Waals surface area contributed by atoms with E-state index in [9.17, 15) is 4.79 Å². The monoisotopic (exact) mass is 280 g/mol. The SMILES string of the molecule is CCC(CC)n1nc(N2CCCC2)c(C(=O)OC)c1N. The number of methoxy groups -OCH3 is 1. The lowest BCUT2D eigenvalue weighted by Crippen LogP contribution is -2.21. The van der Waals surface area contributed by atoms with Gasteiger partial charge in [-0.15, -0.1) is 0 Å². The van der Waals surface area contributed by atoms with Gasteiger partial charge in [0.05, 0.1) is 13.2 Å². The summed E-state index contributed by atoms with van der Waals surface area (Å²) in [6.45, 7) is 6.04. The molecule has 1 aliphatic rings. The molecule has 2 rings (SSSR count). The van der Waals surface area contributed by atoms with Gasteiger partial charge in [-0.2, -0.15) is 5.10 Å². The first-order valence-corrected chi connectivity index (χ1v) is 7.35. The van der Waals surface area contributed by atoms with Crippen LogP contribution in [0.3, 0.4) is 0 Å². The molecular weight excluding hydrogens is 256 g/mol. The number of hydrogen-bond acceptors (Lipinski definition) is 5. The largest absolute Gasteiger partial charge is 0.465 e. The molecule has 1 saturated heterocycles. The smallest absolute Gasteiger partial charge is 0.345 e. The molecule has 6 nitrogen and oxygen atoms in total. The van der Waals surface area contributed by atoms with Gasteiger partial charge in [-0.25, -0.2) is 9.48 Å². The van der Waals surface area contributed by atoms with Crippen molar-refractivity contribution in [1.29, 1.82) is 0 Å². The topological polar surface area (TPSA) is 73.4 Å². The lowest BCUT2D eigenvalue weighted by atomic mass is 10.2. The highest BCUT2D eigenvalue weighted by Gasteiger charge is 2.29. The van der Waals surface area contributed by atoms with Crippen LogP contribution in [0, 0.1) is 0 Å². The van der Waals surface area contributed by atoms with Gasteiger partial charge in [-0.05, 0) is 25.7 Å². The summed E-state index contributed by atoms with van der Waals surface area (Å²) in [4.78, 5) is 14.2. The van der Waals surface area contributed by atoms with E-state index in [0.717, 1.165) is 38.8 Å². The molecule has 0 atom stereocenters. The Hall–Kier alpha value is -1.72. The van der Waals surface area contributed by atoms with Crippen LogP contribution < -0.4 is 10.6 Å². The van der Waals surface area contributed by atoms with Crippen LogP contribution >= 0.6 is 0 Å². The summed E-state index contributed by atoms with van der Waals surface area (Å²) < 4.78 is 6.67. The molecule has 0 amide bonds. The molecule has 0 radical (unpaired) electrons. The van der Waals surface area contributed by atoms with Crippen LogP contribution in [0.25, 0.3) is 0 Å². The fourth-order valence-electron chi connectivity index (χ4n) is 2.80. The Morgan fingerprint density at radius 3 is 2.45 bits per heavy atom. The van der Waals surface area contributed by atoms with E-state index >= 15 is 0 Å². The first-order valence-electron chi connectivity index (χ1n) is 7.35. The quantitative estimate of drug-likeness (QED) is 0.837. The van der Waals surface area contributed by atoms with Crippen molar-refractivity contribution in [3.8, 4) is 0 Å². The number of rotatable bonds is 5. The molecule has 1 aliphatic heterocycles. The molecule has 0 bridgehead atoms. The van der Waals surface area contributed by atoms with E-state index in [1.807, 2.05) is 0 Å². The van der Waals surface area contributed by atoms with Crippen LogP contribution in [0.5, 0.6) is 0 Å². The second-order valence-corrected chi connectivity index (χ2v) is 5.18. The molecular formula is C14H24N4O2. The molecule has 6 heteroatoms. The maximum absolute atomic E-state index is 12.0. The molecule has 0 saturated carbocycles.